The normalized spacial score (nSPS) is 11.3. The summed E-state index contributed by atoms with van der Waals surface area (Å²) in [7, 11) is 1.01. The van der Waals surface area contributed by atoms with Crippen LogP contribution in [0.2, 0.25) is 0 Å². The maximum Gasteiger partial charge on any atom is 0.406 e. The van der Waals surface area contributed by atoms with Gasteiger partial charge in [0.05, 0.1) is 0 Å². The maximum atomic E-state index is 12.1. The van der Waals surface area contributed by atoms with Crippen molar-refractivity contribution in [1.29, 1.82) is 0 Å². The summed E-state index contributed by atoms with van der Waals surface area (Å²) >= 11 is 0. The second-order valence-electron chi connectivity index (χ2n) is 3.69. The molecule has 5 nitrogen and oxygen atoms in total. The zero-order valence-electron chi connectivity index (χ0n) is 9.44. The van der Waals surface area contributed by atoms with E-state index >= 15 is 0 Å². The molecule has 0 fully saturated rings. The molecule has 0 unspecified atom stereocenters. The maximum absolute atomic E-state index is 12.1. The van der Waals surface area contributed by atoms with E-state index < -0.39 is 31.1 Å². The highest BCUT2D eigenvalue weighted by atomic mass is 19.4. The number of aromatic carboxylic acids is 1. The fourth-order valence-electron chi connectivity index (χ4n) is 1.37. The first kappa shape index (κ1) is 14.1. The number of nitrogens with zero attached hydrogens (tertiary/aromatic N) is 2. The standard InChI is InChI=1S/C10H11F3N2O3/c1-14(6-10(11,12)13)8(16)5-15-4-2-3-7(15)9(17)18/h2-4H,5-6H2,1H3,(H,17,18). The van der Waals surface area contributed by atoms with Crippen molar-refractivity contribution in [3.05, 3.63) is 24.0 Å². The van der Waals surface area contributed by atoms with E-state index in [2.05, 4.69) is 0 Å². The van der Waals surface area contributed by atoms with Gasteiger partial charge in [-0.1, -0.05) is 0 Å². The molecule has 0 aliphatic carbocycles. The van der Waals surface area contributed by atoms with Crippen LogP contribution < -0.4 is 0 Å². The van der Waals surface area contributed by atoms with E-state index in [0.29, 0.717) is 4.90 Å². The number of amides is 1. The summed E-state index contributed by atoms with van der Waals surface area (Å²) in [5.41, 5.74) is -0.149. The van der Waals surface area contributed by atoms with Crippen LogP contribution in [-0.4, -0.2) is 46.2 Å². The Hall–Kier alpha value is -1.99. The third-order valence-corrected chi connectivity index (χ3v) is 2.20. The van der Waals surface area contributed by atoms with E-state index in [1.165, 1.54) is 18.3 Å². The van der Waals surface area contributed by atoms with Crippen LogP contribution in [0.4, 0.5) is 13.2 Å². The Labute approximate surface area is 100 Å². The van der Waals surface area contributed by atoms with E-state index in [1.54, 1.807) is 0 Å². The molecule has 0 atom stereocenters. The Bertz CT molecular complexity index is 453. The molecule has 0 bridgehead atoms. The van der Waals surface area contributed by atoms with Gasteiger partial charge in [-0.3, -0.25) is 4.79 Å². The Morgan fingerprint density at radius 1 is 1.44 bits per heavy atom. The third-order valence-electron chi connectivity index (χ3n) is 2.20. The van der Waals surface area contributed by atoms with E-state index in [9.17, 15) is 22.8 Å². The van der Waals surface area contributed by atoms with Crippen LogP contribution in [0.3, 0.4) is 0 Å². The van der Waals surface area contributed by atoms with Crippen LogP contribution in [0.1, 0.15) is 10.5 Å². The molecule has 0 aliphatic heterocycles. The zero-order chi connectivity index (χ0) is 13.9. The number of carboxylic acids is 1. The summed E-state index contributed by atoms with van der Waals surface area (Å²) in [4.78, 5) is 22.7. The van der Waals surface area contributed by atoms with Gasteiger partial charge >= 0.3 is 12.1 Å². The molecular formula is C10H11F3N2O3. The summed E-state index contributed by atoms with van der Waals surface area (Å²) in [5, 5.41) is 8.77. The zero-order valence-corrected chi connectivity index (χ0v) is 9.44. The first-order valence-electron chi connectivity index (χ1n) is 4.90. The summed E-state index contributed by atoms with van der Waals surface area (Å²) in [6.45, 7) is -1.81. The Morgan fingerprint density at radius 2 is 2.06 bits per heavy atom. The lowest BCUT2D eigenvalue weighted by Gasteiger charge is -2.19. The van der Waals surface area contributed by atoms with Crippen LogP contribution in [0, 0.1) is 0 Å². The molecule has 0 radical (unpaired) electrons. The minimum atomic E-state index is -4.48. The summed E-state index contributed by atoms with van der Waals surface area (Å²) in [6.07, 6.45) is -3.15. The minimum absolute atomic E-state index is 0.149. The lowest BCUT2D eigenvalue weighted by Crippen LogP contribution is -2.38. The van der Waals surface area contributed by atoms with Gasteiger partial charge in [0, 0.05) is 13.2 Å². The number of hydrogen-bond acceptors (Lipinski definition) is 2. The number of alkyl halides is 3. The summed E-state index contributed by atoms with van der Waals surface area (Å²) in [6, 6.07) is 2.67. The molecule has 0 aliphatic rings. The molecule has 8 heteroatoms. The van der Waals surface area contributed by atoms with Gasteiger partial charge < -0.3 is 14.6 Å². The molecule has 0 spiro atoms. The minimum Gasteiger partial charge on any atom is -0.477 e. The number of hydrogen-bond donors (Lipinski definition) is 1. The number of aromatic nitrogens is 1. The predicted molar refractivity (Wildman–Crippen MR) is 55.1 cm³/mol. The van der Waals surface area contributed by atoms with Crippen molar-refractivity contribution in [2.45, 2.75) is 12.7 Å². The molecule has 1 amide bonds. The average molecular weight is 264 g/mol. The van der Waals surface area contributed by atoms with Crippen LogP contribution in [0.5, 0.6) is 0 Å². The van der Waals surface area contributed by atoms with Gasteiger partial charge in [-0.05, 0) is 12.1 Å². The smallest absolute Gasteiger partial charge is 0.406 e. The highest BCUT2D eigenvalue weighted by Gasteiger charge is 2.31. The average Bonchev–Trinajstić information content (AvgIpc) is 2.62. The number of carbonyl (C=O) groups excluding carboxylic acids is 1. The highest BCUT2D eigenvalue weighted by molar-refractivity contribution is 5.86. The monoisotopic (exact) mass is 264 g/mol. The fraction of sp³-hybridized carbons (Fsp3) is 0.400. The van der Waals surface area contributed by atoms with Crippen molar-refractivity contribution in [1.82, 2.24) is 9.47 Å². The van der Waals surface area contributed by atoms with Gasteiger partial charge in [0.15, 0.2) is 0 Å². The van der Waals surface area contributed by atoms with E-state index in [0.717, 1.165) is 11.6 Å². The molecule has 0 aromatic carbocycles. The van der Waals surface area contributed by atoms with Crippen LogP contribution in [-0.2, 0) is 11.3 Å². The van der Waals surface area contributed by atoms with Crippen LogP contribution >= 0.6 is 0 Å². The van der Waals surface area contributed by atoms with Crippen LogP contribution in [0.15, 0.2) is 18.3 Å². The van der Waals surface area contributed by atoms with E-state index in [4.69, 9.17) is 5.11 Å². The Kier molecular flexibility index (Phi) is 4.00. The lowest BCUT2D eigenvalue weighted by atomic mass is 10.4. The van der Waals surface area contributed by atoms with Gasteiger partial charge in [0.25, 0.3) is 0 Å². The highest BCUT2D eigenvalue weighted by Crippen LogP contribution is 2.15. The largest absolute Gasteiger partial charge is 0.477 e. The van der Waals surface area contributed by atoms with Crippen LogP contribution in [0.25, 0.3) is 0 Å². The lowest BCUT2D eigenvalue weighted by molar-refractivity contribution is -0.158. The molecule has 1 aromatic rings. The Balaban J connectivity index is 2.70. The van der Waals surface area contributed by atoms with Gasteiger partial charge in [-0.15, -0.1) is 0 Å². The number of carbonyl (C=O) groups is 2. The topological polar surface area (TPSA) is 62.5 Å². The second-order valence-corrected chi connectivity index (χ2v) is 3.69. The molecule has 100 valence electrons. The van der Waals surface area contributed by atoms with Crippen molar-refractivity contribution >= 4 is 11.9 Å². The molecule has 0 saturated carbocycles. The molecule has 1 rings (SSSR count). The van der Waals surface area contributed by atoms with Crippen molar-refractivity contribution in [2.24, 2.45) is 0 Å². The number of rotatable bonds is 4. The van der Waals surface area contributed by atoms with Crippen molar-refractivity contribution in [2.75, 3.05) is 13.6 Å². The Morgan fingerprint density at radius 3 is 2.56 bits per heavy atom. The van der Waals surface area contributed by atoms with Crippen molar-refractivity contribution in [3.63, 3.8) is 0 Å². The molecule has 18 heavy (non-hydrogen) atoms. The third kappa shape index (κ3) is 3.79. The summed E-state index contributed by atoms with van der Waals surface area (Å²) in [5.74, 6) is -2.06. The molecular weight excluding hydrogens is 253 g/mol. The number of carboxylic acid groups (broad SMARTS) is 1. The van der Waals surface area contributed by atoms with E-state index in [1.807, 2.05) is 0 Å². The van der Waals surface area contributed by atoms with Gasteiger partial charge in [-0.25, -0.2) is 4.79 Å². The molecule has 1 N–H and O–H groups in total. The fourth-order valence-corrected chi connectivity index (χ4v) is 1.37. The number of likely N-dealkylation sites (N-methyl/N-ethyl adjacent to an activating group) is 1. The van der Waals surface area contributed by atoms with E-state index in [-0.39, 0.29) is 5.69 Å². The van der Waals surface area contributed by atoms with Gasteiger partial charge in [-0.2, -0.15) is 13.2 Å². The van der Waals surface area contributed by atoms with Gasteiger partial charge in [0.1, 0.15) is 18.8 Å². The SMILES string of the molecule is CN(CC(F)(F)F)C(=O)Cn1cccc1C(=O)O. The molecule has 0 saturated heterocycles. The summed E-state index contributed by atoms with van der Waals surface area (Å²) < 4.78 is 37.3. The van der Waals surface area contributed by atoms with Crippen molar-refractivity contribution < 1.29 is 27.9 Å². The first-order valence-corrected chi connectivity index (χ1v) is 4.90. The predicted octanol–water partition coefficient (Wildman–Crippen LogP) is 1.21. The second kappa shape index (κ2) is 5.11. The number of halogens is 3. The van der Waals surface area contributed by atoms with Crippen molar-refractivity contribution in [3.8, 4) is 0 Å². The molecule has 1 heterocycles. The quantitative estimate of drug-likeness (QED) is 0.889. The van der Waals surface area contributed by atoms with Gasteiger partial charge in [0.2, 0.25) is 5.91 Å². The first-order chi connectivity index (χ1) is 8.20. The molecule has 1 aromatic heterocycles.